The fourth-order valence-corrected chi connectivity index (χ4v) is 2.68. The molecule has 0 spiro atoms. The molecule has 19 heavy (non-hydrogen) atoms. The number of nitrogens with zero attached hydrogens (tertiary/aromatic N) is 2. The van der Waals surface area contributed by atoms with E-state index in [1.54, 1.807) is 18.5 Å². The lowest BCUT2D eigenvalue weighted by molar-refractivity contribution is 0.0698. The fraction of sp³-hybridized carbons (Fsp3) is 0.429. The predicted octanol–water partition coefficient (Wildman–Crippen LogP) is 1.90. The van der Waals surface area contributed by atoms with E-state index in [2.05, 4.69) is 4.98 Å². The molecule has 1 aliphatic rings. The number of fused-ring (bicyclic) bond motifs is 1. The molecule has 0 aliphatic heterocycles. The average Bonchev–Trinajstić information content (AvgIpc) is 3.02. The molecule has 5 nitrogen and oxygen atoms in total. The molecular weight excluding hydrogens is 244 g/mol. The normalized spacial score (nSPS) is 16.7. The molecule has 1 aromatic carbocycles. The van der Waals surface area contributed by atoms with E-state index in [1.807, 2.05) is 10.6 Å². The summed E-state index contributed by atoms with van der Waals surface area (Å²) in [5, 5.41) is 18.4. The van der Waals surface area contributed by atoms with Gasteiger partial charge in [0.2, 0.25) is 0 Å². The number of hydrogen-bond acceptors (Lipinski definition) is 3. The fourth-order valence-electron chi connectivity index (χ4n) is 2.68. The van der Waals surface area contributed by atoms with Crippen LogP contribution in [0.3, 0.4) is 0 Å². The Morgan fingerprint density at radius 1 is 1.42 bits per heavy atom. The lowest BCUT2D eigenvalue weighted by atomic mass is 10.0. The minimum Gasteiger partial charge on any atom is -0.478 e. The van der Waals surface area contributed by atoms with Crippen LogP contribution in [0, 0.1) is 5.41 Å². The number of benzene rings is 1. The molecule has 1 heterocycles. The first-order valence-electron chi connectivity index (χ1n) is 6.43. The first-order chi connectivity index (χ1) is 9.15. The summed E-state index contributed by atoms with van der Waals surface area (Å²) in [6, 6.07) is 5.14. The Labute approximate surface area is 110 Å². The van der Waals surface area contributed by atoms with E-state index < -0.39 is 5.97 Å². The molecule has 100 valence electrons. The van der Waals surface area contributed by atoms with Gasteiger partial charge in [-0.25, -0.2) is 9.78 Å². The van der Waals surface area contributed by atoms with Crippen LogP contribution in [0.5, 0.6) is 0 Å². The van der Waals surface area contributed by atoms with Gasteiger partial charge in [-0.2, -0.15) is 0 Å². The van der Waals surface area contributed by atoms with Crippen molar-refractivity contribution < 1.29 is 15.0 Å². The smallest absolute Gasteiger partial charge is 0.337 e. The summed E-state index contributed by atoms with van der Waals surface area (Å²) < 4.78 is 1.92. The Morgan fingerprint density at radius 2 is 2.21 bits per heavy atom. The van der Waals surface area contributed by atoms with Gasteiger partial charge < -0.3 is 14.8 Å². The van der Waals surface area contributed by atoms with Gasteiger partial charge >= 0.3 is 5.97 Å². The van der Waals surface area contributed by atoms with Gasteiger partial charge in [-0.1, -0.05) is 6.07 Å². The molecule has 0 radical (unpaired) electrons. The highest BCUT2D eigenvalue weighted by atomic mass is 16.4. The van der Waals surface area contributed by atoms with Crippen molar-refractivity contribution >= 4 is 17.0 Å². The summed E-state index contributed by atoms with van der Waals surface area (Å²) in [5.74, 6) is -0.931. The molecular formula is C14H16N2O3. The minimum absolute atomic E-state index is 0.133. The Morgan fingerprint density at radius 3 is 2.84 bits per heavy atom. The van der Waals surface area contributed by atoms with E-state index in [-0.39, 0.29) is 17.6 Å². The van der Waals surface area contributed by atoms with Crippen LogP contribution >= 0.6 is 0 Å². The van der Waals surface area contributed by atoms with E-state index in [1.165, 1.54) is 0 Å². The van der Waals surface area contributed by atoms with Gasteiger partial charge in [0.25, 0.3) is 0 Å². The molecule has 1 fully saturated rings. The van der Waals surface area contributed by atoms with Crippen LogP contribution < -0.4 is 0 Å². The Bertz CT molecular complexity index is 629. The molecule has 2 aromatic rings. The number of carboxylic acids is 1. The highest BCUT2D eigenvalue weighted by molar-refractivity contribution is 6.01. The van der Waals surface area contributed by atoms with Crippen LogP contribution in [0.2, 0.25) is 0 Å². The Hall–Kier alpha value is -1.88. The van der Waals surface area contributed by atoms with Crippen LogP contribution in [0.4, 0.5) is 0 Å². The zero-order valence-electron chi connectivity index (χ0n) is 10.5. The molecule has 0 atom stereocenters. The zero-order chi connectivity index (χ0) is 13.5. The molecule has 1 aliphatic carbocycles. The highest BCUT2D eigenvalue weighted by Crippen LogP contribution is 2.50. The molecule has 0 amide bonds. The number of imidazole rings is 1. The number of aromatic carboxylic acids is 1. The number of hydrogen-bond donors (Lipinski definition) is 2. The summed E-state index contributed by atoms with van der Waals surface area (Å²) >= 11 is 0. The Kier molecular flexibility index (Phi) is 2.78. The van der Waals surface area contributed by atoms with Crippen LogP contribution in [0.15, 0.2) is 24.5 Å². The van der Waals surface area contributed by atoms with Crippen molar-refractivity contribution in [1.29, 1.82) is 0 Å². The summed E-state index contributed by atoms with van der Waals surface area (Å²) in [4.78, 5) is 15.6. The molecule has 1 aromatic heterocycles. The number of carboxylic acid groups (broad SMARTS) is 1. The lowest BCUT2D eigenvalue weighted by Crippen LogP contribution is -2.14. The standard InChI is InChI=1S/C14H16N2O3/c17-7-6-14(4-5-14)8-16-9-15-11-3-1-2-10(12(11)16)13(18)19/h1-3,9,17H,4-8H2,(H,18,19). The van der Waals surface area contributed by atoms with E-state index in [0.29, 0.717) is 11.0 Å². The summed E-state index contributed by atoms with van der Waals surface area (Å²) in [7, 11) is 0. The minimum atomic E-state index is -0.931. The third kappa shape index (κ3) is 2.10. The number of carbonyl (C=O) groups is 1. The van der Waals surface area contributed by atoms with Crippen molar-refractivity contribution in [1.82, 2.24) is 9.55 Å². The predicted molar refractivity (Wildman–Crippen MR) is 70.1 cm³/mol. The molecule has 5 heteroatoms. The monoisotopic (exact) mass is 260 g/mol. The van der Waals surface area contributed by atoms with Crippen LogP contribution in [0.1, 0.15) is 29.6 Å². The maximum atomic E-state index is 11.3. The van der Waals surface area contributed by atoms with Crippen LogP contribution in [-0.4, -0.2) is 32.3 Å². The van der Waals surface area contributed by atoms with Crippen molar-refractivity contribution in [2.75, 3.05) is 6.61 Å². The number of rotatable bonds is 5. The maximum Gasteiger partial charge on any atom is 0.337 e. The van der Waals surface area contributed by atoms with Gasteiger partial charge in [0, 0.05) is 13.2 Å². The third-order valence-corrected chi connectivity index (χ3v) is 3.97. The van der Waals surface area contributed by atoms with E-state index in [4.69, 9.17) is 5.11 Å². The second-order valence-electron chi connectivity index (χ2n) is 5.32. The summed E-state index contributed by atoms with van der Waals surface area (Å²) in [6.45, 7) is 0.909. The molecule has 0 saturated heterocycles. The number of aliphatic hydroxyl groups is 1. The first-order valence-corrected chi connectivity index (χ1v) is 6.43. The number of aliphatic hydroxyl groups excluding tert-OH is 1. The third-order valence-electron chi connectivity index (χ3n) is 3.97. The summed E-state index contributed by atoms with van der Waals surface area (Å²) in [5.41, 5.74) is 1.81. The maximum absolute atomic E-state index is 11.3. The number of aromatic nitrogens is 2. The molecule has 2 N–H and O–H groups in total. The van der Waals surface area contributed by atoms with E-state index >= 15 is 0 Å². The van der Waals surface area contributed by atoms with Gasteiger partial charge in [0.1, 0.15) is 0 Å². The number of para-hydroxylation sites is 1. The van der Waals surface area contributed by atoms with Crippen LogP contribution in [0.25, 0.3) is 11.0 Å². The molecule has 3 rings (SSSR count). The van der Waals surface area contributed by atoms with Gasteiger partial charge in [-0.05, 0) is 36.8 Å². The van der Waals surface area contributed by atoms with Crippen molar-refractivity contribution in [3.05, 3.63) is 30.1 Å². The average molecular weight is 260 g/mol. The van der Waals surface area contributed by atoms with Crippen LogP contribution in [-0.2, 0) is 6.54 Å². The zero-order valence-corrected chi connectivity index (χ0v) is 10.5. The lowest BCUT2D eigenvalue weighted by Gasteiger charge is -2.15. The Balaban J connectivity index is 2.02. The quantitative estimate of drug-likeness (QED) is 0.861. The SMILES string of the molecule is O=C(O)c1cccc2ncn(CC3(CCO)CC3)c12. The van der Waals surface area contributed by atoms with Gasteiger partial charge in [-0.15, -0.1) is 0 Å². The molecule has 1 saturated carbocycles. The first kappa shape index (κ1) is 12.2. The second kappa shape index (κ2) is 4.35. The van der Waals surface area contributed by atoms with Crippen molar-refractivity contribution in [2.45, 2.75) is 25.8 Å². The molecule has 0 bridgehead atoms. The summed E-state index contributed by atoms with van der Waals surface area (Å²) in [6.07, 6.45) is 4.64. The highest BCUT2D eigenvalue weighted by Gasteiger charge is 2.42. The van der Waals surface area contributed by atoms with E-state index in [0.717, 1.165) is 25.8 Å². The van der Waals surface area contributed by atoms with E-state index in [9.17, 15) is 9.90 Å². The van der Waals surface area contributed by atoms with Gasteiger partial charge in [0.15, 0.2) is 0 Å². The largest absolute Gasteiger partial charge is 0.478 e. The topological polar surface area (TPSA) is 75.3 Å². The second-order valence-corrected chi connectivity index (χ2v) is 5.32. The van der Waals surface area contributed by atoms with Crippen molar-refractivity contribution in [2.24, 2.45) is 5.41 Å². The van der Waals surface area contributed by atoms with Gasteiger partial charge in [0.05, 0.1) is 22.9 Å². The van der Waals surface area contributed by atoms with Crippen molar-refractivity contribution in [3.63, 3.8) is 0 Å². The molecule has 0 unspecified atom stereocenters. The van der Waals surface area contributed by atoms with Gasteiger partial charge in [-0.3, -0.25) is 0 Å². The van der Waals surface area contributed by atoms with Crippen molar-refractivity contribution in [3.8, 4) is 0 Å².